The van der Waals surface area contributed by atoms with Gasteiger partial charge in [0.1, 0.15) is 5.82 Å². The summed E-state index contributed by atoms with van der Waals surface area (Å²) in [7, 11) is 0. The molecule has 1 N–H and O–H groups in total. The highest BCUT2D eigenvalue weighted by molar-refractivity contribution is 9.10. The van der Waals surface area contributed by atoms with E-state index in [1.165, 1.54) is 23.9 Å². The van der Waals surface area contributed by atoms with E-state index in [4.69, 9.17) is 0 Å². The maximum absolute atomic E-state index is 13.1. The summed E-state index contributed by atoms with van der Waals surface area (Å²) < 4.78 is 14.0. The van der Waals surface area contributed by atoms with Crippen molar-refractivity contribution < 1.29 is 9.18 Å². The van der Waals surface area contributed by atoms with Gasteiger partial charge in [-0.25, -0.2) is 9.37 Å². The van der Waals surface area contributed by atoms with Crippen molar-refractivity contribution in [3.05, 3.63) is 58.8 Å². The molecule has 0 bridgehead atoms. The summed E-state index contributed by atoms with van der Waals surface area (Å²) in [4.78, 5) is 18.5. The van der Waals surface area contributed by atoms with Crippen molar-refractivity contribution in [2.24, 2.45) is 0 Å². The van der Waals surface area contributed by atoms with Crippen LogP contribution in [0.3, 0.4) is 0 Å². The first-order chi connectivity index (χ1) is 12.6. The third kappa shape index (κ3) is 4.31. The van der Waals surface area contributed by atoms with Crippen molar-refractivity contribution in [2.45, 2.75) is 12.1 Å². The van der Waals surface area contributed by atoms with Crippen LogP contribution in [0, 0.1) is 5.82 Å². The monoisotopic (exact) mass is 434 g/mol. The number of benzene rings is 2. The molecule has 0 unspecified atom stereocenters. The Bertz CT molecular complexity index is 900. The van der Waals surface area contributed by atoms with Gasteiger partial charge in [0.2, 0.25) is 11.1 Å². The third-order valence-electron chi connectivity index (χ3n) is 3.67. The average molecular weight is 435 g/mol. The van der Waals surface area contributed by atoms with Crippen LogP contribution in [-0.2, 0) is 4.79 Å². The Kier molecular flexibility index (Phi) is 6.05. The topological polar surface area (TPSA) is 61.9 Å². The van der Waals surface area contributed by atoms with E-state index in [1.807, 2.05) is 31.2 Å². The highest BCUT2D eigenvalue weighted by Gasteiger charge is 2.16. The predicted molar refractivity (Wildman–Crippen MR) is 105 cm³/mol. The minimum absolute atomic E-state index is 0.0867. The molecule has 5 nitrogen and oxygen atoms in total. The number of aromatic nitrogens is 3. The van der Waals surface area contributed by atoms with Crippen molar-refractivity contribution in [1.29, 1.82) is 0 Å². The van der Waals surface area contributed by atoms with Gasteiger partial charge in [-0.05, 0) is 37.3 Å². The van der Waals surface area contributed by atoms with Crippen LogP contribution in [0.1, 0.15) is 6.92 Å². The summed E-state index contributed by atoms with van der Waals surface area (Å²) in [5.41, 5.74) is 1.57. The van der Waals surface area contributed by atoms with Gasteiger partial charge in [0.25, 0.3) is 0 Å². The molecule has 0 fully saturated rings. The van der Waals surface area contributed by atoms with Crippen LogP contribution in [0.2, 0.25) is 0 Å². The van der Waals surface area contributed by atoms with E-state index in [0.717, 1.165) is 10.0 Å². The molecule has 0 saturated heterocycles. The predicted octanol–water partition coefficient (Wildman–Crippen LogP) is 4.52. The quantitative estimate of drug-likeness (QED) is 0.579. The molecule has 0 atom stereocenters. The van der Waals surface area contributed by atoms with Gasteiger partial charge < -0.3 is 4.90 Å². The number of carbonyl (C=O) groups excluding carboxylic acids is 1. The zero-order valence-corrected chi connectivity index (χ0v) is 16.3. The minimum Gasteiger partial charge on any atom is -0.312 e. The smallest absolute Gasteiger partial charge is 0.237 e. The minimum atomic E-state index is -0.327. The molecule has 26 heavy (non-hydrogen) atoms. The number of halogens is 2. The number of amides is 1. The molecule has 1 aromatic heterocycles. The van der Waals surface area contributed by atoms with Crippen molar-refractivity contribution in [2.75, 3.05) is 17.2 Å². The number of hydrogen-bond donors (Lipinski definition) is 1. The van der Waals surface area contributed by atoms with Crippen LogP contribution in [0.25, 0.3) is 11.4 Å². The first kappa shape index (κ1) is 18.6. The lowest BCUT2D eigenvalue weighted by atomic mass is 10.2. The molecule has 3 aromatic rings. The standard InChI is InChI=1S/C18H16BrFN4OS/c1-2-24(13-9-7-12(20)8-10-13)16(25)11-26-18-21-17(22-23-18)14-5-3-4-6-15(14)19/h3-10H,2,11H2,1H3,(H,21,22,23). The molecular formula is C18H16BrFN4OS. The molecule has 1 amide bonds. The average Bonchev–Trinajstić information content (AvgIpc) is 3.11. The first-order valence-corrected chi connectivity index (χ1v) is 9.72. The number of nitrogens with one attached hydrogen (secondary N) is 1. The van der Waals surface area contributed by atoms with E-state index < -0.39 is 0 Å². The van der Waals surface area contributed by atoms with Gasteiger partial charge in [0.05, 0.1) is 5.75 Å². The fraction of sp³-hybridized carbons (Fsp3) is 0.167. The molecule has 0 radical (unpaired) electrons. The Hall–Kier alpha value is -2.19. The Morgan fingerprint density at radius 3 is 2.65 bits per heavy atom. The fourth-order valence-corrected chi connectivity index (χ4v) is 3.56. The Balaban J connectivity index is 1.66. The van der Waals surface area contributed by atoms with Gasteiger partial charge in [0, 0.05) is 22.3 Å². The molecule has 0 aliphatic heterocycles. The van der Waals surface area contributed by atoms with Crippen molar-refractivity contribution >= 4 is 39.3 Å². The maximum atomic E-state index is 13.1. The number of aromatic amines is 1. The lowest BCUT2D eigenvalue weighted by molar-refractivity contribution is -0.116. The molecular weight excluding hydrogens is 419 g/mol. The first-order valence-electron chi connectivity index (χ1n) is 7.94. The summed E-state index contributed by atoms with van der Waals surface area (Å²) >= 11 is 4.74. The lowest BCUT2D eigenvalue weighted by Crippen LogP contribution is -2.32. The molecule has 0 aliphatic carbocycles. The second-order valence-corrected chi connectivity index (χ2v) is 7.15. The van der Waals surface area contributed by atoms with Crippen LogP contribution in [0.15, 0.2) is 58.2 Å². The number of nitrogens with zero attached hydrogens (tertiary/aromatic N) is 3. The largest absolute Gasteiger partial charge is 0.312 e. The molecule has 8 heteroatoms. The Morgan fingerprint density at radius 2 is 1.96 bits per heavy atom. The van der Waals surface area contributed by atoms with Gasteiger partial charge in [-0.3, -0.25) is 9.89 Å². The Morgan fingerprint density at radius 1 is 1.23 bits per heavy atom. The summed E-state index contributed by atoms with van der Waals surface area (Å²) in [6.07, 6.45) is 0. The van der Waals surface area contributed by atoms with Crippen LogP contribution in [0.4, 0.5) is 10.1 Å². The van der Waals surface area contributed by atoms with Crippen LogP contribution < -0.4 is 4.90 Å². The number of carbonyl (C=O) groups is 1. The SMILES string of the molecule is CCN(C(=O)CSc1n[nH]c(-c2ccccc2Br)n1)c1ccc(F)cc1. The number of anilines is 1. The van der Waals surface area contributed by atoms with E-state index in [2.05, 4.69) is 31.1 Å². The summed E-state index contributed by atoms with van der Waals surface area (Å²) in [5.74, 6) is 0.417. The van der Waals surface area contributed by atoms with Crippen LogP contribution >= 0.6 is 27.7 Å². The lowest BCUT2D eigenvalue weighted by Gasteiger charge is -2.20. The van der Waals surface area contributed by atoms with Gasteiger partial charge in [0.15, 0.2) is 5.82 Å². The summed E-state index contributed by atoms with van der Waals surface area (Å²) in [6.45, 7) is 2.38. The second-order valence-electron chi connectivity index (χ2n) is 5.35. The normalized spacial score (nSPS) is 10.7. The summed E-state index contributed by atoms with van der Waals surface area (Å²) in [6, 6.07) is 13.6. The maximum Gasteiger partial charge on any atom is 0.237 e. The second kappa shape index (κ2) is 8.46. The van der Waals surface area contributed by atoms with Gasteiger partial charge >= 0.3 is 0 Å². The number of H-pyrrole nitrogens is 1. The van der Waals surface area contributed by atoms with Crippen LogP contribution in [0.5, 0.6) is 0 Å². The molecule has 0 spiro atoms. The molecule has 134 valence electrons. The zero-order valence-electron chi connectivity index (χ0n) is 13.9. The molecule has 0 saturated carbocycles. The highest BCUT2D eigenvalue weighted by atomic mass is 79.9. The van der Waals surface area contributed by atoms with Gasteiger partial charge in [-0.2, -0.15) is 0 Å². The van der Waals surface area contributed by atoms with E-state index in [0.29, 0.717) is 23.2 Å². The highest BCUT2D eigenvalue weighted by Crippen LogP contribution is 2.26. The van der Waals surface area contributed by atoms with Gasteiger partial charge in [-0.15, -0.1) is 5.10 Å². The number of rotatable bonds is 6. The summed E-state index contributed by atoms with van der Waals surface area (Å²) in [5, 5.41) is 7.55. The molecule has 3 rings (SSSR count). The molecule has 1 heterocycles. The van der Waals surface area contributed by atoms with E-state index >= 15 is 0 Å². The van der Waals surface area contributed by atoms with Crippen molar-refractivity contribution in [3.8, 4) is 11.4 Å². The zero-order chi connectivity index (χ0) is 18.5. The van der Waals surface area contributed by atoms with Crippen molar-refractivity contribution in [3.63, 3.8) is 0 Å². The number of thioether (sulfide) groups is 1. The molecule has 0 aliphatic rings. The van der Waals surface area contributed by atoms with E-state index in [9.17, 15) is 9.18 Å². The van der Waals surface area contributed by atoms with Crippen LogP contribution in [-0.4, -0.2) is 33.4 Å². The molecule has 2 aromatic carbocycles. The third-order valence-corrected chi connectivity index (χ3v) is 5.20. The number of hydrogen-bond acceptors (Lipinski definition) is 4. The Labute approximate surface area is 163 Å². The van der Waals surface area contributed by atoms with Crippen molar-refractivity contribution in [1.82, 2.24) is 15.2 Å². The fourth-order valence-electron chi connectivity index (χ4n) is 2.41. The van der Waals surface area contributed by atoms with E-state index in [-0.39, 0.29) is 17.5 Å². The van der Waals surface area contributed by atoms with Gasteiger partial charge in [-0.1, -0.05) is 45.9 Å². The van der Waals surface area contributed by atoms with E-state index in [1.54, 1.807) is 17.0 Å².